The Kier molecular flexibility index (Phi) is 10.2. The van der Waals surface area contributed by atoms with E-state index >= 15 is 0 Å². The highest BCUT2D eigenvalue weighted by atomic mass is 79.9. The minimum atomic E-state index is -1.57. The third-order valence-corrected chi connectivity index (χ3v) is 4.38. The lowest BCUT2D eigenvalue weighted by Crippen LogP contribution is -2.17. The number of allylic oxidation sites excluding steroid dienone is 1. The number of carbonyl (C=O) groups is 1. The van der Waals surface area contributed by atoms with E-state index in [0.29, 0.717) is 12.8 Å². The number of unbranched alkanes of at least 4 members (excludes halogenated alkanes) is 1. The van der Waals surface area contributed by atoms with Crippen molar-refractivity contribution >= 4 is 68.0 Å². The van der Waals surface area contributed by atoms with E-state index in [2.05, 4.69) is 20.9 Å². The van der Waals surface area contributed by atoms with Crippen LogP contribution in [0.25, 0.3) is 0 Å². The van der Waals surface area contributed by atoms with E-state index in [9.17, 15) is 9.90 Å². The van der Waals surface area contributed by atoms with Gasteiger partial charge < -0.3 is 9.84 Å². The Morgan fingerprint density at radius 3 is 2.83 bits per heavy atom. The van der Waals surface area contributed by atoms with E-state index in [1.54, 1.807) is 6.08 Å². The summed E-state index contributed by atoms with van der Waals surface area (Å²) in [5.41, 5.74) is 0.969. The van der Waals surface area contributed by atoms with Crippen molar-refractivity contribution < 1.29 is 14.6 Å². The molecule has 0 aromatic carbocycles. The maximum Gasteiger partial charge on any atom is 0.305 e. The predicted molar refractivity (Wildman–Crippen MR) is 103 cm³/mol. The fraction of sp³-hybridized carbons (Fsp3) is 0.600. The second-order valence-corrected chi connectivity index (χ2v) is 9.95. The average molecular weight is 480 g/mol. The van der Waals surface area contributed by atoms with Gasteiger partial charge in [-0.15, -0.1) is 11.3 Å². The Morgan fingerprint density at radius 1 is 1.50 bits per heavy atom. The van der Waals surface area contributed by atoms with Crippen molar-refractivity contribution in [3.05, 3.63) is 26.6 Å². The van der Waals surface area contributed by atoms with Crippen molar-refractivity contribution in [3.8, 4) is 0 Å². The maximum absolute atomic E-state index is 11.5. The molecule has 0 saturated carbocycles. The predicted octanol–water partition coefficient (Wildman–Crippen LogP) is 4.97. The minimum absolute atomic E-state index is 0.239. The van der Waals surface area contributed by atoms with Crippen molar-refractivity contribution in [1.29, 1.82) is 0 Å². The minimum Gasteiger partial charge on any atom is -0.461 e. The van der Waals surface area contributed by atoms with E-state index < -0.39 is 9.90 Å². The Hall–Kier alpha value is 0.150. The van der Waals surface area contributed by atoms with Gasteiger partial charge in [0.15, 0.2) is 0 Å². The third-order valence-electron chi connectivity index (χ3n) is 2.87. The molecule has 1 heterocycles. The topological polar surface area (TPSA) is 59.4 Å². The summed E-state index contributed by atoms with van der Waals surface area (Å²) in [6.07, 6.45) is 4.25. The molecule has 0 radical (unpaired) electrons. The van der Waals surface area contributed by atoms with Gasteiger partial charge >= 0.3 is 5.97 Å². The molecule has 1 atom stereocenters. The first-order chi connectivity index (χ1) is 11.2. The van der Waals surface area contributed by atoms with Crippen molar-refractivity contribution in [1.82, 2.24) is 4.98 Å². The molecule has 4 nitrogen and oxygen atoms in total. The number of rotatable bonds is 9. The van der Waals surface area contributed by atoms with Gasteiger partial charge in [-0.3, -0.25) is 4.79 Å². The molecule has 0 spiro atoms. The van der Waals surface area contributed by atoms with Gasteiger partial charge in [-0.1, -0.05) is 50.7 Å². The summed E-state index contributed by atoms with van der Waals surface area (Å²) in [6, 6.07) is 0. The van der Waals surface area contributed by atoms with E-state index in [0.717, 1.165) is 28.0 Å². The number of aliphatic hydroxyl groups excluding tert-OH is 1. The molecule has 0 aliphatic rings. The summed E-state index contributed by atoms with van der Waals surface area (Å²) in [6.45, 7) is 1.63. The molecule has 0 saturated heterocycles. The zero-order valence-corrected chi connectivity index (χ0v) is 17.8. The summed E-state index contributed by atoms with van der Waals surface area (Å²) in [5.74, 6) is -0.375. The van der Waals surface area contributed by atoms with Crippen LogP contribution in [0.2, 0.25) is 0 Å². The van der Waals surface area contributed by atoms with Crippen LogP contribution in [0.3, 0.4) is 0 Å². The summed E-state index contributed by atoms with van der Waals surface area (Å²) in [5, 5.41) is 12.7. The number of halogens is 4. The highest BCUT2D eigenvalue weighted by Gasteiger charge is 2.21. The van der Waals surface area contributed by atoms with Gasteiger partial charge in [-0.05, 0) is 36.7 Å². The van der Waals surface area contributed by atoms with E-state index in [4.69, 9.17) is 39.5 Å². The van der Waals surface area contributed by atoms with Gasteiger partial charge in [0.05, 0.1) is 16.8 Å². The number of aromatic nitrogens is 1. The number of ether oxygens (including phenoxy) is 1. The summed E-state index contributed by atoms with van der Waals surface area (Å²) in [4.78, 5) is 16.0. The zero-order chi connectivity index (χ0) is 18.2. The van der Waals surface area contributed by atoms with E-state index in [1.165, 1.54) is 11.3 Å². The van der Waals surface area contributed by atoms with Crippen LogP contribution in [0, 0.1) is 0 Å². The Balaban J connectivity index is 2.24. The molecular weight excluding hydrogens is 460 g/mol. The van der Waals surface area contributed by atoms with Crippen molar-refractivity contribution in [2.45, 2.75) is 48.9 Å². The molecule has 1 aromatic heterocycles. The van der Waals surface area contributed by atoms with Gasteiger partial charge in [0.2, 0.25) is 3.79 Å². The molecule has 0 aliphatic heterocycles. The van der Waals surface area contributed by atoms with Crippen LogP contribution in [-0.4, -0.2) is 32.6 Å². The Morgan fingerprint density at radius 2 is 2.21 bits per heavy atom. The first kappa shape index (κ1) is 22.2. The quantitative estimate of drug-likeness (QED) is 0.309. The number of thiazole rings is 1. The van der Waals surface area contributed by atoms with Crippen molar-refractivity contribution in [3.63, 3.8) is 0 Å². The van der Waals surface area contributed by atoms with Crippen LogP contribution in [0.5, 0.6) is 0 Å². The number of carbonyl (C=O) groups excluding carboxylic acids is 1. The number of esters is 1. The second kappa shape index (κ2) is 11.0. The van der Waals surface area contributed by atoms with Crippen molar-refractivity contribution in [2.75, 3.05) is 6.61 Å². The smallest absolute Gasteiger partial charge is 0.305 e. The first-order valence-electron chi connectivity index (χ1n) is 7.33. The second-order valence-electron chi connectivity index (χ2n) is 5.24. The number of hydrogen-bond donors (Lipinski definition) is 1. The van der Waals surface area contributed by atoms with Gasteiger partial charge in [0.25, 0.3) is 0 Å². The first-order valence-corrected chi connectivity index (χ1v) is 10.1. The molecule has 1 rings (SSSR count). The Labute approximate surface area is 169 Å². The molecule has 1 aromatic rings. The Bertz CT molecular complexity index is 556. The van der Waals surface area contributed by atoms with Crippen LogP contribution < -0.4 is 0 Å². The van der Waals surface area contributed by atoms with E-state index in [-0.39, 0.29) is 19.0 Å². The third kappa shape index (κ3) is 10.9. The molecule has 24 heavy (non-hydrogen) atoms. The lowest BCUT2D eigenvalue weighted by Gasteiger charge is -2.10. The van der Waals surface area contributed by atoms with Crippen LogP contribution in [-0.2, 0) is 22.4 Å². The summed E-state index contributed by atoms with van der Waals surface area (Å²) >= 11 is 21.3. The van der Waals surface area contributed by atoms with Crippen LogP contribution in [0.4, 0.5) is 0 Å². The molecule has 9 heteroatoms. The molecule has 0 bridgehead atoms. The van der Waals surface area contributed by atoms with Gasteiger partial charge in [0, 0.05) is 18.2 Å². The highest BCUT2D eigenvalue weighted by Crippen LogP contribution is 2.26. The SMILES string of the molecule is C/C(Br)=C\[C@H](O)Cc1nc(CCCCC(=O)OCC(Cl)(Cl)Cl)cs1. The molecular formula is C15H19BrCl3NO3S. The number of hydrogen-bond acceptors (Lipinski definition) is 5. The molecule has 0 fully saturated rings. The molecule has 136 valence electrons. The monoisotopic (exact) mass is 477 g/mol. The fourth-order valence-corrected chi connectivity index (χ4v) is 3.22. The van der Waals surface area contributed by atoms with Crippen molar-refractivity contribution in [2.24, 2.45) is 0 Å². The van der Waals surface area contributed by atoms with Crippen LogP contribution in [0.1, 0.15) is 36.9 Å². The lowest BCUT2D eigenvalue weighted by atomic mass is 10.1. The number of aliphatic hydroxyl groups is 1. The van der Waals surface area contributed by atoms with Gasteiger partial charge in [-0.25, -0.2) is 4.98 Å². The van der Waals surface area contributed by atoms with E-state index in [1.807, 2.05) is 12.3 Å². The van der Waals surface area contributed by atoms with Crippen LogP contribution >= 0.6 is 62.1 Å². The molecule has 0 aliphatic carbocycles. The highest BCUT2D eigenvalue weighted by molar-refractivity contribution is 9.11. The average Bonchev–Trinajstić information content (AvgIpc) is 2.87. The lowest BCUT2D eigenvalue weighted by molar-refractivity contribution is -0.143. The number of aryl methyl sites for hydroxylation is 1. The zero-order valence-electron chi connectivity index (χ0n) is 13.1. The summed E-state index contributed by atoms with van der Waals surface area (Å²) < 4.78 is 4.18. The summed E-state index contributed by atoms with van der Waals surface area (Å²) in [7, 11) is 0. The molecule has 1 N–H and O–H groups in total. The normalized spacial score (nSPS) is 13.8. The molecule has 0 unspecified atom stereocenters. The van der Waals surface area contributed by atoms with Crippen LogP contribution in [0.15, 0.2) is 15.9 Å². The largest absolute Gasteiger partial charge is 0.461 e. The van der Waals surface area contributed by atoms with Gasteiger partial charge in [0.1, 0.15) is 6.61 Å². The number of nitrogens with zero attached hydrogens (tertiary/aromatic N) is 1. The maximum atomic E-state index is 11.5. The number of alkyl halides is 3. The van der Waals surface area contributed by atoms with Gasteiger partial charge in [-0.2, -0.15) is 0 Å². The fourth-order valence-electron chi connectivity index (χ4n) is 1.87. The molecule has 0 amide bonds. The standard InChI is InChI=1S/C15H19BrCl3NO3S/c1-10(16)6-12(21)7-13-20-11(8-24-13)4-2-3-5-14(22)23-9-15(17,18)19/h6,8,12,21H,2-5,7,9H2,1H3/b10-6+/t12-/m0/s1.